The third-order valence-corrected chi connectivity index (χ3v) is 3.26. The number of hydrogen-bond acceptors (Lipinski definition) is 4. The molecule has 2 aromatic rings. The third kappa shape index (κ3) is 3.64. The normalized spacial score (nSPS) is 12.6. The zero-order valence-electron chi connectivity index (χ0n) is 11.4. The molecule has 1 unspecified atom stereocenters. The van der Waals surface area contributed by atoms with Gasteiger partial charge in [-0.15, -0.1) is 10.2 Å². The lowest BCUT2D eigenvalue weighted by molar-refractivity contribution is 0.423. The van der Waals surface area contributed by atoms with Gasteiger partial charge in [0.25, 0.3) is 0 Å². The molecule has 1 N–H and O–H groups in total. The summed E-state index contributed by atoms with van der Waals surface area (Å²) in [5, 5.41) is 11.6. The quantitative estimate of drug-likeness (QED) is 0.907. The zero-order chi connectivity index (χ0) is 13.8. The average molecular weight is 324 g/mol. The monoisotopic (exact) mass is 323 g/mol. The lowest BCUT2D eigenvalue weighted by atomic mass is 10.1. The molecular formula is C14H18BrN3O. The van der Waals surface area contributed by atoms with Crippen molar-refractivity contribution in [3.63, 3.8) is 0 Å². The van der Waals surface area contributed by atoms with Gasteiger partial charge in [0.15, 0.2) is 0 Å². The van der Waals surface area contributed by atoms with Gasteiger partial charge in [-0.3, -0.25) is 0 Å². The Hall–Kier alpha value is -1.20. The van der Waals surface area contributed by atoms with Crippen LogP contribution in [0.1, 0.15) is 37.8 Å². The molecule has 0 aliphatic heterocycles. The van der Waals surface area contributed by atoms with Gasteiger partial charge in [0, 0.05) is 10.0 Å². The van der Waals surface area contributed by atoms with Crippen LogP contribution in [0.3, 0.4) is 0 Å². The maximum atomic E-state index is 5.73. The smallest absolute Gasteiger partial charge is 0.247 e. The molecule has 19 heavy (non-hydrogen) atoms. The van der Waals surface area contributed by atoms with Crippen molar-refractivity contribution in [3.8, 4) is 11.5 Å². The van der Waals surface area contributed by atoms with E-state index < -0.39 is 0 Å². The van der Waals surface area contributed by atoms with Crippen molar-refractivity contribution in [3.05, 3.63) is 34.1 Å². The molecule has 1 aromatic heterocycles. The van der Waals surface area contributed by atoms with E-state index in [-0.39, 0.29) is 6.04 Å². The lowest BCUT2D eigenvalue weighted by Crippen LogP contribution is -2.19. The predicted molar refractivity (Wildman–Crippen MR) is 78.9 cm³/mol. The van der Waals surface area contributed by atoms with E-state index in [4.69, 9.17) is 4.42 Å². The number of benzene rings is 1. The molecule has 0 fully saturated rings. The van der Waals surface area contributed by atoms with Crippen LogP contribution in [0.4, 0.5) is 0 Å². The molecule has 1 heterocycles. The minimum atomic E-state index is 0.0782. The van der Waals surface area contributed by atoms with Crippen LogP contribution in [-0.4, -0.2) is 16.7 Å². The number of aryl methyl sites for hydroxylation is 1. The molecular weight excluding hydrogens is 306 g/mol. The van der Waals surface area contributed by atoms with Crippen molar-refractivity contribution in [2.45, 2.75) is 33.2 Å². The Morgan fingerprint density at radius 3 is 2.79 bits per heavy atom. The lowest BCUT2D eigenvalue weighted by Gasteiger charge is -2.07. The van der Waals surface area contributed by atoms with Gasteiger partial charge in [-0.2, -0.15) is 0 Å². The Balaban J connectivity index is 2.20. The highest BCUT2D eigenvalue weighted by molar-refractivity contribution is 9.10. The first kappa shape index (κ1) is 14.2. The summed E-state index contributed by atoms with van der Waals surface area (Å²) in [7, 11) is 0. The number of rotatable bonds is 5. The highest BCUT2D eigenvalue weighted by Gasteiger charge is 2.14. The summed E-state index contributed by atoms with van der Waals surface area (Å²) in [5.74, 6) is 1.19. The van der Waals surface area contributed by atoms with E-state index in [2.05, 4.69) is 38.4 Å². The largest absolute Gasteiger partial charge is 0.419 e. The molecule has 0 spiro atoms. The molecule has 0 saturated carbocycles. The van der Waals surface area contributed by atoms with Crippen molar-refractivity contribution in [1.82, 2.24) is 15.5 Å². The minimum absolute atomic E-state index is 0.0782. The third-order valence-electron chi connectivity index (χ3n) is 2.80. The van der Waals surface area contributed by atoms with Gasteiger partial charge >= 0.3 is 0 Å². The molecule has 5 heteroatoms. The van der Waals surface area contributed by atoms with Crippen LogP contribution in [0.2, 0.25) is 0 Å². The van der Waals surface area contributed by atoms with Crippen LogP contribution in [0.15, 0.2) is 27.1 Å². The van der Waals surface area contributed by atoms with Crippen LogP contribution in [-0.2, 0) is 0 Å². The average Bonchev–Trinajstić information content (AvgIpc) is 2.84. The fraction of sp³-hybridized carbons (Fsp3) is 0.429. The standard InChI is InChI=1S/C14H18BrN3O/c1-4-5-16-10(3)13-17-18-14(19-13)11-6-9(2)7-12(15)8-11/h6-8,10,16H,4-5H2,1-3H3. The van der Waals surface area contributed by atoms with E-state index in [1.807, 2.05) is 32.0 Å². The number of nitrogens with one attached hydrogen (secondary N) is 1. The second-order valence-corrected chi connectivity index (χ2v) is 5.55. The van der Waals surface area contributed by atoms with Gasteiger partial charge in [-0.1, -0.05) is 22.9 Å². The summed E-state index contributed by atoms with van der Waals surface area (Å²) in [5.41, 5.74) is 2.09. The van der Waals surface area contributed by atoms with Crippen molar-refractivity contribution in [2.75, 3.05) is 6.54 Å². The SMILES string of the molecule is CCCNC(C)c1nnc(-c2cc(C)cc(Br)c2)o1. The molecule has 0 aliphatic carbocycles. The Morgan fingerprint density at radius 1 is 1.32 bits per heavy atom. The zero-order valence-corrected chi connectivity index (χ0v) is 13.0. The maximum Gasteiger partial charge on any atom is 0.247 e. The second-order valence-electron chi connectivity index (χ2n) is 4.64. The van der Waals surface area contributed by atoms with Crippen LogP contribution in [0, 0.1) is 6.92 Å². The van der Waals surface area contributed by atoms with Gasteiger partial charge in [-0.05, 0) is 50.6 Å². The predicted octanol–water partition coefficient (Wildman–Crippen LogP) is 3.87. The van der Waals surface area contributed by atoms with Crippen molar-refractivity contribution >= 4 is 15.9 Å². The summed E-state index contributed by atoms with van der Waals surface area (Å²) in [4.78, 5) is 0. The molecule has 4 nitrogen and oxygen atoms in total. The fourth-order valence-electron chi connectivity index (χ4n) is 1.83. The highest BCUT2D eigenvalue weighted by Crippen LogP contribution is 2.25. The summed E-state index contributed by atoms with van der Waals surface area (Å²) in [6, 6.07) is 6.14. The fourth-order valence-corrected chi connectivity index (χ4v) is 2.44. The van der Waals surface area contributed by atoms with Crippen LogP contribution >= 0.6 is 15.9 Å². The Morgan fingerprint density at radius 2 is 2.11 bits per heavy atom. The molecule has 1 aromatic carbocycles. The topological polar surface area (TPSA) is 51.0 Å². The maximum absolute atomic E-state index is 5.73. The summed E-state index contributed by atoms with van der Waals surface area (Å²) in [6.07, 6.45) is 1.08. The number of nitrogens with zero attached hydrogens (tertiary/aromatic N) is 2. The van der Waals surface area contributed by atoms with Gasteiger partial charge in [0.2, 0.25) is 11.8 Å². The van der Waals surface area contributed by atoms with Crippen molar-refractivity contribution in [2.24, 2.45) is 0 Å². The first-order chi connectivity index (χ1) is 9.10. The van der Waals surface area contributed by atoms with Crippen LogP contribution in [0.25, 0.3) is 11.5 Å². The Kier molecular flexibility index (Phi) is 4.71. The summed E-state index contributed by atoms with van der Waals surface area (Å²) in [6.45, 7) is 7.13. The number of hydrogen-bond donors (Lipinski definition) is 1. The Labute approximate surface area is 121 Å². The minimum Gasteiger partial charge on any atom is -0.419 e. The van der Waals surface area contributed by atoms with E-state index in [1.54, 1.807) is 0 Å². The number of halogens is 1. The summed E-state index contributed by atoms with van der Waals surface area (Å²) < 4.78 is 6.75. The van der Waals surface area contributed by atoms with Gasteiger partial charge in [0.1, 0.15) is 0 Å². The van der Waals surface area contributed by atoms with E-state index >= 15 is 0 Å². The first-order valence-corrected chi connectivity index (χ1v) is 7.23. The van der Waals surface area contributed by atoms with Gasteiger partial charge < -0.3 is 9.73 Å². The number of aromatic nitrogens is 2. The van der Waals surface area contributed by atoms with Crippen molar-refractivity contribution < 1.29 is 4.42 Å². The van der Waals surface area contributed by atoms with Crippen molar-refractivity contribution in [1.29, 1.82) is 0 Å². The van der Waals surface area contributed by atoms with Crippen LogP contribution < -0.4 is 5.32 Å². The molecule has 0 amide bonds. The second kappa shape index (κ2) is 6.30. The molecule has 102 valence electrons. The molecule has 2 rings (SSSR count). The molecule has 0 radical (unpaired) electrons. The first-order valence-electron chi connectivity index (χ1n) is 6.44. The highest BCUT2D eigenvalue weighted by atomic mass is 79.9. The van der Waals surface area contributed by atoms with E-state index in [0.717, 1.165) is 28.6 Å². The molecule has 0 saturated heterocycles. The van der Waals surface area contributed by atoms with Crippen LogP contribution in [0.5, 0.6) is 0 Å². The van der Waals surface area contributed by atoms with E-state index in [9.17, 15) is 0 Å². The molecule has 1 atom stereocenters. The van der Waals surface area contributed by atoms with Gasteiger partial charge in [-0.25, -0.2) is 0 Å². The Bertz CT molecular complexity index is 533. The summed E-state index contributed by atoms with van der Waals surface area (Å²) >= 11 is 3.48. The molecule has 0 aliphatic rings. The van der Waals surface area contributed by atoms with E-state index in [1.165, 1.54) is 0 Å². The molecule has 0 bridgehead atoms. The van der Waals surface area contributed by atoms with E-state index in [0.29, 0.717) is 11.8 Å². The van der Waals surface area contributed by atoms with Gasteiger partial charge in [0.05, 0.1) is 6.04 Å².